The van der Waals surface area contributed by atoms with Crippen LogP contribution in [0.25, 0.3) is 0 Å². The van der Waals surface area contributed by atoms with Crippen molar-refractivity contribution < 1.29 is 28.8 Å². The summed E-state index contributed by atoms with van der Waals surface area (Å²) in [6.07, 6.45) is 2.06. The van der Waals surface area contributed by atoms with Gasteiger partial charge in [-0.2, -0.15) is 0 Å². The van der Waals surface area contributed by atoms with Crippen molar-refractivity contribution in [1.29, 1.82) is 0 Å². The average molecular weight is 306 g/mol. The van der Waals surface area contributed by atoms with Crippen molar-refractivity contribution >= 4 is 0 Å². The van der Waals surface area contributed by atoms with Gasteiger partial charge in [-0.15, -0.1) is 0 Å². The standard InChI is InChI=1S/C15H30O6/c1-13(16)10-21-14(2)11-18-8-6-17-7-9-19-12-15-4-3-5-20-15/h13-16H,3-12H2,1-2H3. The van der Waals surface area contributed by atoms with E-state index in [1.165, 1.54) is 0 Å². The third kappa shape index (κ3) is 11.0. The van der Waals surface area contributed by atoms with Gasteiger partial charge in [0.1, 0.15) is 0 Å². The molecule has 0 aromatic heterocycles. The van der Waals surface area contributed by atoms with Gasteiger partial charge in [0.05, 0.1) is 64.6 Å². The monoisotopic (exact) mass is 306 g/mol. The van der Waals surface area contributed by atoms with E-state index in [2.05, 4.69) is 0 Å². The molecule has 1 saturated heterocycles. The molecule has 1 fully saturated rings. The van der Waals surface area contributed by atoms with Crippen LogP contribution in [0.3, 0.4) is 0 Å². The zero-order chi connectivity index (χ0) is 15.3. The zero-order valence-corrected chi connectivity index (χ0v) is 13.3. The van der Waals surface area contributed by atoms with Gasteiger partial charge in [-0.05, 0) is 26.7 Å². The molecule has 0 radical (unpaired) electrons. The molecule has 0 amide bonds. The first-order chi connectivity index (χ1) is 10.2. The second-order valence-electron chi connectivity index (χ2n) is 5.39. The second kappa shape index (κ2) is 12.3. The Morgan fingerprint density at radius 2 is 1.76 bits per heavy atom. The summed E-state index contributed by atoms with van der Waals surface area (Å²) in [4.78, 5) is 0. The summed E-state index contributed by atoms with van der Waals surface area (Å²) in [5.74, 6) is 0. The van der Waals surface area contributed by atoms with Gasteiger partial charge in [0.25, 0.3) is 0 Å². The maximum absolute atomic E-state index is 9.08. The van der Waals surface area contributed by atoms with E-state index in [1.54, 1.807) is 6.92 Å². The lowest BCUT2D eigenvalue weighted by molar-refractivity contribution is -0.0508. The van der Waals surface area contributed by atoms with Crippen LogP contribution in [-0.4, -0.2) is 76.3 Å². The highest BCUT2D eigenvalue weighted by Crippen LogP contribution is 2.11. The number of aliphatic hydroxyl groups is 1. The Labute approximate surface area is 127 Å². The van der Waals surface area contributed by atoms with Gasteiger partial charge in [-0.25, -0.2) is 0 Å². The second-order valence-corrected chi connectivity index (χ2v) is 5.39. The molecule has 1 heterocycles. The first-order valence-electron chi connectivity index (χ1n) is 7.83. The molecule has 0 aromatic rings. The number of ether oxygens (including phenoxy) is 5. The van der Waals surface area contributed by atoms with E-state index in [0.29, 0.717) is 46.2 Å². The van der Waals surface area contributed by atoms with Crippen LogP contribution in [0.2, 0.25) is 0 Å². The highest BCUT2D eigenvalue weighted by atomic mass is 16.6. The molecular weight excluding hydrogens is 276 g/mol. The maximum Gasteiger partial charge on any atom is 0.0809 e. The van der Waals surface area contributed by atoms with E-state index >= 15 is 0 Å². The quantitative estimate of drug-likeness (QED) is 0.512. The molecule has 126 valence electrons. The van der Waals surface area contributed by atoms with Crippen LogP contribution in [0.5, 0.6) is 0 Å². The normalized spacial score (nSPS) is 21.6. The SMILES string of the molecule is CC(O)COC(C)COCCOCCOCC1CCCO1. The molecule has 21 heavy (non-hydrogen) atoms. The van der Waals surface area contributed by atoms with Gasteiger partial charge in [-0.1, -0.05) is 0 Å². The van der Waals surface area contributed by atoms with Crippen LogP contribution < -0.4 is 0 Å². The van der Waals surface area contributed by atoms with Crippen molar-refractivity contribution in [1.82, 2.24) is 0 Å². The summed E-state index contributed by atoms with van der Waals surface area (Å²) in [6.45, 7) is 8.23. The summed E-state index contributed by atoms with van der Waals surface area (Å²) >= 11 is 0. The van der Waals surface area contributed by atoms with Crippen molar-refractivity contribution in [2.24, 2.45) is 0 Å². The molecule has 1 N–H and O–H groups in total. The minimum atomic E-state index is -0.439. The Morgan fingerprint density at radius 3 is 2.43 bits per heavy atom. The van der Waals surface area contributed by atoms with Gasteiger partial charge >= 0.3 is 0 Å². The molecule has 6 nitrogen and oxygen atoms in total. The van der Waals surface area contributed by atoms with Gasteiger partial charge in [-0.3, -0.25) is 0 Å². The lowest BCUT2D eigenvalue weighted by Crippen LogP contribution is -2.22. The van der Waals surface area contributed by atoms with Gasteiger partial charge < -0.3 is 28.8 Å². The summed E-state index contributed by atoms with van der Waals surface area (Å²) in [6, 6.07) is 0. The Kier molecular flexibility index (Phi) is 11.0. The number of aliphatic hydroxyl groups excluding tert-OH is 1. The minimum Gasteiger partial charge on any atom is -0.391 e. The Bertz CT molecular complexity index is 230. The fourth-order valence-corrected chi connectivity index (χ4v) is 1.93. The number of rotatable bonds is 13. The van der Waals surface area contributed by atoms with E-state index < -0.39 is 6.10 Å². The molecular formula is C15H30O6. The zero-order valence-electron chi connectivity index (χ0n) is 13.3. The molecule has 1 aliphatic heterocycles. The number of hydrogen-bond donors (Lipinski definition) is 1. The lowest BCUT2D eigenvalue weighted by atomic mass is 10.2. The van der Waals surface area contributed by atoms with E-state index in [9.17, 15) is 0 Å². The summed E-state index contributed by atoms with van der Waals surface area (Å²) < 4.78 is 27.1. The summed E-state index contributed by atoms with van der Waals surface area (Å²) in [7, 11) is 0. The van der Waals surface area contributed by atoms with Gasteiger partial charge in [0.2, 0.25) is 0 Å². The molecule has 0 bridgehead atoms. The Morgan fingerprint density at radius 1 is 1.05 bits per heavy atom. The molecule has 0 spiro atoms. The van der Waals surface area contributed by atoms with Crippen LogP contribution >= 0.6 is 0 Å². The minimum absolute atomic E-state index is 0.0191. The summed E-state index contributed by atoms with van der Waals surface area (Å²) in [5.41, 5.74) is 0. The highest BCUT2D eigenvalue weighted by Gasteiger charge is 2.14. The van der Waals surface area contributed by atoms with Crippen molar-refractivity contribution in [2.45, 2.75) is 45.0 Å². The van der Waals surface area contributed by atoms with Crippen molar-refractivity contribution in [3.63, 3.8) is 0 Å². The summed E-state index contributed by atoms with van der Waals surface area (Å²) in [5, 5.41) is 9.08. The van der Waals surface area contributed by atoms with E-state index in [1.807, 2.05) is 6.92 Å². The topological polar surface area (TPSA) is 66.4 Å². The molecule has 3 unspecified atom stereocenters. The predicted octanol–water partition coefficient (Wildman–Crippen LogP) is 1.00. The molecule has 0 aromatic carbocycles. The maximum atomic E-state index is 9.08. The molecule has 0 aliphatic carbocycles. The fourth-order valence-electron chi connectivity index (χ4n) is 1.93. The highest BCUT2D eigenvalue weighted by molar-refractivity contribution is 4.63. The van der Waals surface area contributed by atoms with Gasteiger partial charge in [0.15, 0.2) is 0 Å². The average Bonchev–Trinajstić information content (AvgIpc) is 2.96. The van der Waals surface area contributed by atoms with E-state index in [-0.39, 0.29) is 12.2 Å². The smallest absolute Gasteiger partial charge is 0.0809 e. The van der Waals surface area contributed by atoms with E-state index in [4.69, 9.17) is 28.8 Å². The van der Waals surface area contributed by atoms with Crippen molar-refractivity contribution in [3.8, 4) is 0 Å². The Balaban J connectivity index is 1.75. The molecule has 6 heteroatoms. The molecule has 3 atom stereocenters. The first kappa shape index (κ1) is 18.8. The van der Waals surface area contributed by atoms with Crippen LogP contribution in [0.4, 0.5) is 0 Å². The van der Waals surface area contributed by atoms with Crippen molar-refractivity contribution in [2.75, 3.05) is 52.9 Å². The van der Waals surface area contributed by atoms with Gasteiger partial charge in [0, 0.05) is 6.61 Å². The number of hydrogen-bond acceptors (Lipinski definition) is 6. The molecule has 1 aliphatic rings. The first-order valence-corrected chi connectivity index (χ1v) is 7.83. The van der Waals surface area contributed by atoms with E-state index in [0.717, 1.165) is 19.4 Å². The van der Waals surface area contributed by atoms with Crippen LogP contribution in [0.15, 0.2) is 0 Å². The third-order valence-corrected chi connectivity index (χ3v) is 3.05. The van der Waals surface area contributed by atoms with Crippen LogP contribution in [0.1, 0.15) is 26.7 Å². The largest absolute Gasteiger partial charge is 0.391 e. The van der Waals surface area contributed by atoms with Crippen LogP contribution in [0, 0.1) is 0 Å². The molecule has 1 rings (SSSR count). The Hall–Kier alpha value is -0.240. The van der Waals surface area contributed by atoms with Crippen molar-refractivity contribution in [3.05, 3.63) is 0 Å². The molecule has 0 saturated carbocycles. The lowest BCUT2D eigenvalue weighted by Gasteiger charge is -2.14. The fraction of sp³-hybridized carbons (Fsp3) is 1.00. The predicted molar refractivity (Wildman–Crippen MR) is 78.5 cm³/mol. The third-order valence-electron chi connectivity index (χ3n) is 3.05. The van der Waals surface area contributed by atoms with Crippen LogP contribution in [-0.2, 0) is 23.7 Å².